The molecule has 0 aromatic carbocycles. The van der Waals surface area contributed by atoms with E-state index >= 15 is 0 Å². The maximum absolute atomic E-state index is 12.0. The summed E-state index contributed by atoms with van der Waals surface area (Å²) in [6.45, 7) is 2.06. The van der Waals surface area contributed by atoms with Crippen molar-refractivity contribution in [1.82, 2.24) is 4.31 Å². The summed E-state index contributed by atoms with van der Waals surface area (Å²) in [5.41, 5.74) is 0.900. The van der Waals surface area contributed by atoms with E-state index in [1.807, 2.05) is 13.0 Å². The van der Waals surface area contributed by atoms with Crippen molar-refractivity contribution in [3.05, 3.63) is 15.4 Å². The van der Waals surface area contributed by atoms with Gasteiger partial charge < -0.3 is 0 Å². The largest absolute Gasteiger partial charge is 0.252 e. The Morgan fingerprint density at radius 3 is 2.69 bits per heavy atom. The van der Waals surface area contributed by atoms with Crippen LogP contribution in [0.25, 0.3) is 0 Å². The number of hydrogen-bond donors (Lipinski definition) is 0. The van der Waals surface area contributed by atoms with Crippen molar-refractivity contribution >= 4 is 37.3 Å². The predicted octanol–water partition coefficient (Wildman–Crippen LogP) is 2.35. The second-order valence-electron chi connectivity index (χ2n) is 3.26. The van der Waals surface area contributed by atoms with Gasteiger partial charge in [0, 0.05) is 20.0 Å². The molecule has 4 nitrogen and oxygen atoms in total. The Balaban J connectivity index is 2.98. The molecule has 1 rings (SSSR count). The van der Waals surface area contributed by atoms with Gasteiger partial charge in [0.1, 0.15) is 4.21 Å². The molecule has 0 aliphatic heterocycles. The minimum atomic E-state index is -3.44. The fraction of sp³-hybridized carbons (Fsp3) is 0.444. The molecule has 0 fully saturated rings. The van der Waals surface area contributed by atoms with Crippen molar-refractivity contribution in [1.29, 1.82) is 5.26 Å². The van der Waals surface area contributed by atoms with Crippen LogP contribution >= 0.6 is 27.3 Å². The fourth-order valence-electron chi connectivity index (χ4n) is 1.04. The lowest BCUT2D eigenvalue weighted by Crippen LogP contribution is -2.27. The van der Waals surface area contributed by atoms with Crippen LogP contribution in [0.3, 0.4) is 0 Å². The highest BCUT2D eigenvalue weighted by atomic mass is 79.9. The van der Waals surface area contributed by atoms with Crippen LogP contribution in [0.4, 0.5) is 0 Å². The first-order valence-corrected chi connectivity index (χ1v) is 7.53. The third-order valence-corrected chi connectivity index (χ3v) is 6.48. The number of thiophene rings is 1. The van der Waals surface area contributed by atoms with Gasteiger partial charge in [-0.25, -0.2) is 8.42 Å². The van der Waals surface area contributed by atoms with E-state index in [1.165, 1.54) is 22.7 Å². The van der Waals surface area contributed by atoms with Crippen molar-refractivity contribution in [3.8, 4) is 6.07 Å². The van der Waals surface area contributed by atoms with E-state index in [9.17, 15) is 8.42 Å². The molecule has 0 amide bonds. The van der Waals surface area contributed by atoms with Crippen molar-refractivity contribution in [3.63, 3.8) is 0 Å². The first kappa shape index (κ1) is 13.6. The standard InChI is InChI=1S/C9H11BrN2O2S2/c1-7-6-8(15-9(7)10)16(13,14)12(2)5-3-4-11/h6H,3,5H2,1-2H3. The van der Waals surface area contributed by atoms with Crippen LogP contribution < -0.4 is 0 Å². The van der Waals surface area contributed by atoms with E-state index in [1.54, 1.807) is 6.07 Å². The third-order valence-electron chi connectivity index (χ3n) is 2.04. The maximum atomic E-state index is 12.0. The van der Waals surface area contributed by atoms with Gasteiger partial charge in [-0.3, -0.25) is 0 Å². The molecule has 0 aliphatic carbocycles. The van der Waals surface area contributed by atoms with E-state index in [-0.39, 0.29) is 13.0 Å². The molecule has 0 unspecified atom stereocenters. The highest BCUT2D eigenvalue weighted by molar-refractivity contribution is 9.11. The van der Waals surface area contributed by atoms with Crippen LogP contribution in [0.2, 0.25) is 0 Å². The minimum Gasteiger partial charge on any atom is -0.206 e. The molecule has 0 saturated carbocycles. The van der Waals surface area contributed by atoms with E-state index in [2.05, 4.69) is 15.9 Å². The summed E-state index contributed by atoms with van der Waals surface area (Å²) in [5, 5.41) is 8.42. The molecule has 0 radical (unpaired) electrons. The number of hydrogen-bond acceptors (Lipinski definition) is 4. The summed E-state index contributed by atoms with van der Waals surface area (Å²) in [5.74, 6) is 0. The SMILES string of the molecule is Cc1cc(S(=O)(=O)N(C)CCC#N)sc1Br. The zero-order chi connectivity index (χ0) is 12.3. The molecule has 88 valence electrons. The van der Waals surface area contributed by atoms with Crippen molar-refractivity contribution in [2.45, 2.75) is 17.6 Å². The van der Waals surface area contributed by atoms with Crippen LogP contribution in [-0.2, 0) is 10.0 Å². The zero-order valence-electron chi connectivity index (χ0n) is 8.90. The summed E-state index contributed by atoms with van der Waals surface area (Å²) in [4.78, 5) is 0. The third kappa shape index (κ3) is 2.83. The topological polar surface area (TPSA) is 61.2 Å². The minimum absolute atomic E-state index is 0.196. The Hall–Kier alpha value is -0.420. The van der Waals surface area contributed by atoms with Crippen LogP contribution in [0.1, 0.15) is 12.0 Å². The summed E-state index contributed by atoms with van der Waals surface area (Å²) >= 11 is 4.48. The van der Waals surface area contributed by atoms with Crippen molar-refractivity contribution in [2.24, 2.45) is 0 Å². The van der Waals surface area contributed by atoms with Gasteiger partial charge in [0.2, 0.25) is 0 Å². The second kappa shape index (κ2) is 5.27. The lowest BCUT2D eigenvalue weighted by atomic mass is 10.4. The predicted molar refractivity (Wildman–Crippen MR) is 66.8 cm³/mol. The smallest absolute Gasteiger partial charge is 0.206 e. The number of sulfonamides is 1. The van der Waals surface area contributed by atoms with Gasteiger partial charge in [0.05, 0.1) is 9.86 Å². The Labute approximate surface area is 108 Å². The number of aryl methyl sites for hydroxylation is 1. The van der Waals surface area contributed by atoms with Crippen LogP contribution in [0.5, 0.6) is 0 Å². The summed E-state index contributed by atoms with van der Waals surface area (Å²) in [6, 6.07) is 3.56. The average molecular weight is 323 g/mol. The quantitative estimate of drug-likeness (QED) is 0.854. The average Bonchev–Trinajstić information content (AvgIpc) is 2.56. The first-order chi connectivity index (χ1) is 7.39. The van der Waals surface area contributed by atoms with Crippen LogP contribution in [-0.4, -0.2) is 26.3 Å². The lowest BCUT2D eigenvalue weighted by Gasteiger charge is -2.13. The van der Waals surface area contributed by atoms with Gasteiger partial charge in [0.25, 0.3) is 10.0 Å². The Bertz CT molecular complexity index is 497. The highest BCUT2D eigenvalue weighted by Gasteiger charge is 2.23. The first-order valence-electron chi connectivity index (χ1n) is 4.49. The second-order valence-corrected chi connectivity index (χ2v) is 7.90. The molecular weight excluding hydrogens is 312 g/mol. The molecule has 0 N–H and O–H groups in total. The van der Waals surface area contributed by atoms with Gasteiger partial charge in [-0.05, 0) is 34.5 Å². The summed E-state index contributed by atoms with van der Waals surface area (Å²) in [6.07, 6.45) is 0.196. The molecule has 0 spiro atoms. The molecule has 16 heavy (non-hydrogen) atoms. The monoisotopic (exact) mass is 322 g/mol. The molecule has 0 saturated heterocycles. The molecule has 1 aromatic heterocycles. The zero-order valence-corrected chi connectivity index (χ0v) is 12.1. The molecule has 1 heterocycles. The van der Waals surface area contributed by atoms with Gasteiger partial charge in [0.15, 0.2) is 0 Å². The van der Waals surface area contributed by atoms with Gasteiger partial charge >= 0.3 is 0 Å². The molecule has 0 aliphatic rings. The normalized spacial score (nSPS) is 11.7. The molecule has 0 bridgehead atoms. The Morgan fingerprint density at radius 1 is 1.62 bits per heavy atom. The van der Waals surface area contributed by atoms with E-state index in [0.29, 0.717) is 4.21 Å². The number of rotatable bonds is 4. The van der Waals surface area contributed by atoms with Crippen molar-refractivity contribution < 1.29 is 8.42 Å². The van der Waals surface area contributed by atoms with Crippen LogP contribution in [0, 0.1) is 18.3 Å². The van der Waals surface area contributed by atoms with E-state index in [0.717, 1.165) is 9.35 Å². The Morgan fingerprint density at radius 2 is 2.25 bits per heavy atom. The lowest BCUT2D eigenvalue weighted by molar-refractivity contribution is 0.478. The van der Waals surface area contributed by atoms with E-state index in [4.69, 9.17) is 5.26 Å². The molecule has 0 atom stereocenters. The fourth-order valence-corrected chi connectivity index (χ4v) is 4.65. The molecular formula is C9H11BrN2O2S2. The van der Waals surface area contributed by atoms with Gasteiger partial charge in [-0.2, -0.15) is 9.57 Å². The maximum Gasteiger partial charge on any atom is 0.252 e. The molecule has 7 heteroatoms. The number of nitrogens with zero attached hydrogens (tertiary/aromatic N) is 2. The van der Waals surface area contributed by atoms with Gasteiger partial charge in [-0.15, -0.1) is 11.3 Å². The summed E-state index contributed by atoms with van der Waals surface area (Å²) < 4.78 is 26.3. The molecule has 1 aromatic rings. The van der Waals surface area contributed by atoms with Gasteiger partial charge in [-0.1, -0.05) is 0 Å². The number of nitriles is 1. The highest BCUT2D eigenvalue weighted by Crippen LogP contribution is 2.31. The van der Waals surface area contributed by atoms with Crippen LogP contribution in [0.15, 0.2) is 14.1 Å². The summed E-state index contributed by atoms with van der Waals surface area (Å²) in [7, 11) is -1.96. The van der Waals surface area contributed by atoms with E-state index < -0.39 is 10.0 Å². The Kier molecular flexibility index (Phi) is 4.50. The number of halogens is 1. The van der Waals surface area contributed by atoms with Crippen molar-refractivity contribution in [2.75, 3.05) is 13.6 Å².